The van der Waals surface area contributed by atoms with Crippen LogP contribution in [0.1, 0.15) is 59.6 Å². The average molecular weight is 387 g/mol. The van der Waals surface area contributed by atoms with E-state index in [0.717, 1.165) is 0 Å². The Hall–Kier alpha value is -1.06. The summed E-state index contributed by atoms with van der Waals surface area (Å²) in [7, 11) is -0.736. The van der Waals surface area contributed by atoms with E-state index in [4.69, 9.17) is 14.4 Å². The maximum atomic E-state index is 12.6. The van der Waals surface area contributed by atoms with E-state index >= 15 is 0 Å². The van der Waals surface area contributed by atoms with Gasteiger partial charge in [0.25, 0.3) is 6.43 Å². The molecule has 4 N–H and O–H groups in total. The second kappa shape index (κ2) is 7.08. The van der Waals surface area contributed by atoms with E-state index in [1.165, 1.54) is 12.1 Å². The zero-order chi connectivity index (χ0) is 20.8. The molecule has 2 rings (SSSR count). The Labute approximate surface area is 159 Å². The number of aliphatic hydroxyl groups is 2. The molecular formula is C19H30BF2O5+. The minimum atomic E-state index is -2.85. The van der Waals surface area contributed by atoms with Crippen molar-refractivity contribution in [2.75, 3.05) is 0 Å². The van der Waals surface area contributed by atoms with Crippen LogP contribution in [-0.2, 0) is 9.31 Å². The molecule has 0 bridgehead atoms. The lowest BCUT2D eigenvalue weighted by molar-refractivity contribution is -0.161. The highest BCUT2D eigenvalue weighted by Crippen LogP contribution is 2.44. The van der Waals surface area contributed by atoms with Crippen LogP contribution in [0, 0.1) is 0 Å². The maximum absolute atomic E-state index is 12.6. The first-order valence-corrected chi connectivity index (χ1v) is 8.99. The largest absolute Gasteiger partial charge is 0.494 e. The second-order valence-electron chi connectivity index (χ2n) is 8.82. The molecule has 0 saturated carbocycles. The molecule has 152 valence electrons. The highest BCUT2D eigenvalue weighted by molar-refractivity contribution is 6.62. The van der Waals surface area contributed by atoms with E-state index in [9.17, 15) is 19.0 Å². The van der Waals surface area contributed by atoms with Gasteiger partial charge in [0, 0.05) is 6.92 Å². The van der Waals surface area contributed by atoms with Crippen molar-refractivity contribution in [1.82, 2.24) is 0 Å². The van der Waals surface area contributed by atoms with Crippen molar-refractivity contribution < 1.29 is 33.4 Å². The molecule has 0 aromatic heterocycles. The van der Waals surface area contributed by atoms with E-state index in [0.29, 0.717) is 5.46 Å². The van der Waals surface area contributed by atoms with Gasteiger partial charge in [0.2, 0.25) is 0 Å². The smallest absolute Gasteiger partial charge is 0.439 e. The zero-order valence-electron chi connectivity index (χ0n) is 16.7. The summed E-state index contributed by atoms with van der Waals surface area (Å²) in [6.07, 6.45) is -4.45. The summed E-state index contributed by atoms with van der Waals surface area (Å²) >= 11 is 0. The molecule has 1 aromatic carbocycles. The number of benzene rings is 1. The Morgan fingerprint density at radius 2 is 1.63 bits per heavy atom. The summed E-state index contributed by atoms with van der Waals surface area (Å²) in [5.41, 5.74) is -3.26. The van der Waals surface area contributed by atoms with E-state index in [-0.39, 0.29) is 12.0 Å². The average Bonchev–Trinajstić information content (AvgIpc) is 2.74. The lowest BCUT2D eigenvalue weighted by atomic mass is 9.73. The Morgan fingerprint density at radius 3 is 2.07 bits per heavy atom. The topological polar surface area (TPSA) is 81.8 Å². The summed E-state index contributed by atoms with van der Waals surface area (Å²) in [5, 5.41) is 28.3. The van der Waals surface area contributed by atoms with Crippen LogP contribution in [0.25, 0.3) is 0 Å². The predicted octanol–water partition coefficient (Wildman–Crippen LogP) is 1.91. The fourth-order valence-corrected chi connectivity index (χ4v) is 3.07. The molecule has 1 heterocycles. The van der Waals surface area contributed by atoms with Gasteiger partial charge in [-0.25, -0.2) is 8.78 Å². The summed E-state index contributed by atoms with van der Waals surface area (Å²) < 4.78 is 37.5. The van der Waals surface area contributed by atoms with Crippen LogP contribution in [0.3, 0.4) is 0 Å². The molecule has 1 saturated heterocycles. The van der Waals surface area contributed by atoms with Gasteiger partial charge in [-0.3, -0.25) is 0 Å². The fraction of sp³-hybridized carbons (Fsp3) is 0.684. The number of alkyl halides is 2. The molecule has 1 fully saturated rings. The highest BCUT2D eigenvalue weighted by Gasteiger charge is 2.60. The minimum Gasteiger partial charge on any atom is -0.439 e. The van der Waals surface area contributed by atoms with Gasteiger partial charge in [0.15, 0.2) is 5.60 Å². The number of aliphatic hydroxyl groups excluding tert-OH is 1. The summed E-state index contributed by atoms with van der Waals surface area (Å²) in [6, 6.07) is 6.02. The van der Waals surface area contributed by atoms with Crippen LogP contribution in [0.4, 0.5) is 8.78 Å². The third-order valence-electron chi connectivity index (χ3n) is 5.87. The summed E-state index contributed by atoms with van der Waals surface area (Å²) in [5.74, 6) is 0. The Kier molecular flexibility index (Phi) is 5.83. The third-order valence-corrected chi connectivity index (χ3v) is 5.87. The van der Waals surface area contributed by atoms with E-state index in [2.05, 4.69) is 0 Å². The van der Waals surface area contributed by atoms with Crippen molar-refractivity contribution in [3.05, 3.63) is 29.8 Å². The Bertz CT molecular complexity index is 657. The first kappa shape index (κ1) is 22.2. The fourth-order valence-electron chi connectivity index (χ4n) is 3.07. The van der Waals surface area contributed by atoms with Crippen molar-refractivity contribution in [1.29, 1.82) is 0 Å². The van der Waals surface area contributed by atoms with Gasteiger partial charge in [0.05, 0.1) is 17.6 Å². The van der Waals surface area contributed by atoms with Crippen molar-refractivity contribution in [2.45, 2.75) is 82.9 Å². The Balaban J connectivity index is 2.23. The Morgan fingerprint density at radius 1 is 1.11 bits per heavy atom. The molecule has 3 atom stereocenters. The molecule has 0 amide bonds. The molecule has 5 nitrogen and oxygen atoms in total. The molecule has 27 heavy (non-hydrogen) atoms. The first-order chi connectivity index (χ1) is 12.1. The van der Waals surface area contributed by atoms with Gasteiger partial charge in [-0.2, -0.15) is 0 Å². The molecule has 1 aromatic rings. The van der Waals surface area contributed by atoms with Gasteiger partial charge in [-0.15, -0.1) is 0 Å². The number of rotatable bonds is 6. The van der Waals surface area contributed by atoms with Gasteiger partial charge < -0.3 is 24.6 Å². The quantitative estimate of drug-likeness (QED) is 0.577. The van der Waals surface area contributed by atoms with Crippen molar-refractivity contribution in [3.63, 3.8) is 0 Å². The lowest BCUT2D eigenvalue weighted by Crippen LogP contribution is -2.57. The summed E-state index contributed by atoms with van der Waals surface area (Å²) in [6.45, 7) is 10.4. The third kappa shape index (κ3) is 4.35. The van der Waals surface area contributed by atoms with E-state index < -0.39 is 42.1 Å². The zero-order valence-corrected chi connectivity index (χ0v) is 16.7. The van der Waals surface area contributed by atoms with Gasteiger partial charge >= 0.3 is 7.12 Å². The highest BCUT2D eigenvalue weighted by atomic mass is 19.3. The predicted molar refractivity (Wildman–Crippen MR) is 100 cm³/mol. The van der Waals surface area contributed by atoms with E-state index in [1.54, 1.807) is 32.9 Å². The minimum absolute atomic E-state index is 0.120. The lowest BCUT2D eigenvalue weighted by Gasteiger charge is -2.42. The van der Waals surface area contributed by atoms with E-state index in [1.807, 2.05) is 20.8 Å². The number of halogens is 2. The second-order valence-corrected chi connectivity index (χ2v) is 8.82. The number of hydrogen-bond acceptors (Lipinski definition) is 4. The monoisotopic (exact) mass is 387 g/mol. The molecular weight excluding hydrogens is 357 g/mol. The van der Waals surface area contributed by atoms with Gasteiger partial charge in [-0.1, -0.05) is 24.3 Å². The summed E-state index contributed by atoms with van der Waals surface area (Å²) in [4.78, 5) is 0. The van der Waals surface area contributed by atoms with Crippen LogP contribution in [-0.4, -0.2) is 51.3 Å². The molecule has 0 radical (unpaired) electrons. The number of hydrogen-bond donors (Lipinski definition) is 2. The molecule has 0 aliphatic carbocycles. The van der Waals surface area contributed by atoms with Crippen LogP contribution in [0.2, 0.25) is 0 Å². The van der Waals surface area contributed by atoms with Crippen LogP contribution >= 0.6 is 0 Å². The molecule has 3 unspecified atom stereocenters. The molecule has 0 spiro atoms. The maximum Gasteiger partial charge on any atom is 0.494 e. The van der Waals surface area contributed by atoms with Crippen LogP contribution < -0.4 is 5.46 Å². The van der Waals surface area contributed by atoms with Crippen molar-refractivity contribution in [2.24, 2.45) is 0 Å². The normalized spacial score (nSPS) is 26.3. The van der Waals surface area contributed by atoms with Gasteiger partial charge in [0.1, 0.15) is 11.7 Å². The standard InChI is InChI=1S/C19H29BF2O5/c1-16(2,24)18(5,25)11-19(6)17(3,4)26-20(27-19)13-9-7-12(8-10-13)14(23)15(21)22/h7-10,14-15,23-25H,11H2,1-6H3/p+1. The molecule has 8 heteroatoms. The van der Waals surface area contributed by atoms with Crippen LogP contribution in [0.15, 0.2) is 24.3 Å². The first-order valence-electron chi connectivity index (χ1n) is 8.99. The SMILES string of the molecule is CC(C)(O)C(C)([OH2+])CC1(C)OB(c2ccc(C(O)C(F)F)cc2)OC1(C)C. The molecule has 1 aliphatic heterocycles. The molecule has 1 aliphatic rings. The van der Waals surface area contributed by atoms with Crippen LogP contribution in [0.5, 0.6) is 0 Å². The van der Waals surface area contributed by atoms with Crippen molar-refractivity contribution in [3.8, 4) is 0 Å². The van der Waals surface area contributed by atoms with Crippen molar-refractivity contribution >= 4 is 12.6 Å². The van der Waals surface area contributed by atoms with Gasteiger partial charge in [-0.05, 0) is 45.6 Å².